The number of rotatable bonds is 4. The quantitative estimate of drug-likeness (QED) is 0.815. The Hall–Kier alpha value is -1.09. The topological polar surface area (TPSA) is 18.5 Å². The molecule has 0 aliphatic carbocycles. The van der Waals surface area contributed by atoms with E-state index < -0.39 is 0 Å². The van der Waals surface area contributed by atoms with Crippen molar-refractivity contribution in [2.45, 2.75) is 39.2 Å². The summed E-state index contributed by atoms with van der Waals surface area (Å²) in [5.74, 6) is 0.961. The van der Waals surface area contributed by atoms with Gasteiger partial charge in [-0.25, -0.2) is 4.39 Å². The molecule has 2 nitrogen and oxygen atoms in total. The number of ether oxygens (including phenoxy) is 2. The summed E-state index contributed by atoms with van der Waals surface area (Å²) >= 11 is 0. The number of hydrogen-bond donors (Lipinski definition) is 0. The zero-order valence-corrected chi connectivity index (χ0v) is 11.1. The summed E-state index contributed by atoms with van der Waals surface area (Å²) in [4.78, 5) is 0. The zero-order chi connectivity index (χ0) is 13.0. The second kappa shape index (κ2) is 6.19. The Kier molecular flexibility index (Phi) is 4.59. The van der Waals surface area contributed by atoms with Crippen LogP contribution >= 0.6 is 0 Å². The van der Waals surface area contributed by atoms with Crippen molar-refractivity contribution in [2.75, 3.05) is 13.2 Å². The van der Waals surface area contributed by atoms with Crippen LogP contribution in [0.1, 0.15) is 32.3 Å². The molecule has 1 saturated heterocycles. The molecule has 0 aromatic heterocycles. The van der Waals surface area contributed by atoms with Gasteiger partial charge in [0.1, 0.15) is 17.7 Å². The van der Waals surface area contributed by atoms with Gasteiger partial charge < -0.3 is 9.47 Å². The van der Waals surface area contributed by atoms with Crippen LogP contribution in [0, 0.1) is 11.7 Å². The molecule has 1 fully saturated rings. The van der Waals surface area contributed by atoms with Crippen LogP contribution in [0.3, 0.4) is 0 Å². The van der Waals surface area contributed by atoms with Gasteiger partial charge in [-0.15, -0.1) is 0 Å². The van der Waals surface area contributed by atoms with Crippen molar-refractivity contribution >= 4 is 0 Å². The van der Waals surface area contributed by atoms with Gasteiger partial charge in [0, 0.05) is 18.4 Å². The Balaban J connectivity index is 2.12. The first-order chi connectivity index (χ1) is 8.66. The molecule has 1 aliphatic rings. The molecule has 0 spiro atoms. The summed E-state index contributed by atoms with van der Waals surface area (Å²) in [5, 5.41) is 0. The van der Waals surface area contributed by atoms with Crippen LogP contribution in [-0.2, 0) is 11.2 Å². The van der Waals surface area contributed by atoms with Crippen molar-refractivity contribution in [3.05, 3.63) is 29.6 Å². The lowest BCUT2D eigenvalue weighted by molar-refractivity contribution is 0.0250. The van der Waals surface area contributed by atoms with Gasteiger partial charge in [0.2, 0.25) is 0 Å². The van der Waals surface area contributed by atoms with Crippen LogP contribution in [-0.4, -0.2) is 19.3 Å². The number of halogens is 1. The van der Waals surface area contributed by atoms with Crippen molar-refractivity contribution in [2.24, 2.45) is 5.92 Å². The van der Waals surface area contributed by atoms with Crippen LogP contribution in [0.5, 0.6) is 5.75 Å². The fourth-order valence-electron chi connectivity index (χ4n) is 2.23. The minimum Gasteiger partial charge on any atom is -0.490 e. The van der Waals surface area contributed by atoms with Gasteiger partial charge in [-0.2, -0.15) is 0 Å². The molecule has 0 bridgehead atoms. The average Bonchev–Trinajstić information content (AvgIpc) is 2.34. The molecule has 0 N–H and O–H groups in total. The lowest BCUT2D eigenvalue weighted by Crippen LogP contribution is -2.26. The lowest BCUT2D eigenvalue weighted by Gasteiger charge is -2.25. The zero-order valence-electron chi connectivity index (χ0n) is 11.1. The second-order valence-corrected chi connectivity index (χ2v) is 5.24. The van der Waals surface area contributed by atoms with Crippen LogP contribution in [0.25, 0.3) is 0 Å². The highest BCUT2D eigenvalue weighted by atomic mass is 19.1. The van der Waals surface area contributed by atoms with E-state index in [0.717, 1.165) is 26.1 Å². The molecule has 100 valence electrons. The molecule has 1 aliphatic heterocycles. The highest BCUT2D eigenvalue weighted by Crippen LogP contribution is 2.27. The molecule has 0 amide bonds. The molecule has 1 aromatic carbocycles. The Bertz CT molecular complexity index is 384. The Morgan fingerprint density at radius 2 is 2.06 bits per heavy atom. The van der Waals surface area contributed by atoms with E-state index in [1.807, 2.05) is 6.07 Å². The summed E-state index contributed by atoms with van der Waals surface area (Å²) < 4.78 is 25.1. The molecule has 1 heterocycles. The first kappa shape index (κ1) is 13.3. The predicted octanol–water partition coefficient (Wildman–Crippen LogP) is 3.58. The van der Waals surface area contributed by atoms with E-state index in [1.165, 1.54) is 6.07 Å². The molecule has 0 atom stereocenters. The van der Waals surface area contributed by atoms with Crippen LogP contribution < -0.4 is 4.74 Å². The van der Waals surface area contributed by atoms with E-state index in [1.54, 1.807) is 6.07 Å². The van der Waals surface area contributed by atoms with E-state index in [9.17, 15) is 4.39 Å². The maximum absolute atomic E-state index is 13.9. The molecule has 0 saturated carbocycles. The maximum Gasteiger partial charge on any atom is 0.130 e. The van der Waals surface area contributed by atoms with Crippen molar-refractivity contribution in [1.82, 2.24) is 0 Å². The van der Waals surface area contributed by atoms with E-state index >= 15 is 0 Å². The summed E-state index contributed by atoms with van der Waals surface area (Å²) in [7, 11) is 0. The minimum absolute atomic E-state index is 0.159. The number of benzene rings is 1. The molecule has 3 heteroatoms. The first-order valence-corrected chi connectivity index (χ1v) is 6.68. The Labute approximate surface area is 108 Å². The second-order valence-electron chi connectivity index (χ2n) is 5.24. The maximum atomic E-state index is 13.9. The first-order valence-electron chi connectivity index (χ1n) is 6.68. The largest absolute Gasteiger partial charge is 0.490 e. The van der Waals surface area contributed by atoms with Crippen molar-refractivity contribution in [3.63, 3.8) is 0 Å². The third-order valence-electron chi connectivity index (χ3n) is 3.15. The fourth-order valence-corrected chi connectivity index (χ4v) is 2.23. The monoisotopic (exact) mass is 252 g/mol. The fraction of sp³-hybridized carbons (Fsp3) is 0.600. The molecule has 1 aromatic rings. The molecule has 0 unspecified atom stereocenters. The van der Waals surface area contributed by atoms with Gasteiger partial charge in [0.15, 0.2) is 0 Å². The molecule has 2 rings (SSSR count). The van der Waals surface area contributed by atoms with E-state index in [4.69, 9.17) is 9.47 Å². The minimum atomic E-state index is -0.159. The van der Waals surface area contributed by atoms with Crippen molar-refractivity contribution < 1.29 is 13.9 Å². The Morgan fingerprint density at radius 1 is 1.33 bits per heavy atom. The normalized spacial score (nSPS) is 17.1. The molecule has 0 radical (unpaired) electrons. The van der Waals surface area contributed by atoms with Gasteiger partial charge in [0.25, 0.3) is 0 Å². The van der Waals surface area contributed by atoms with E-state index in [-0.39, 0.29) is 11.9 Å². The van der Waals surface area contributed by atoms with Crippen molar-refractivity contribution in [3.8, 4) is 5.75 Å². The summed E-state index contributed by atoms with van der Waals surface area (Å²) in [6, 6.07) is 5.10. The van der Waals surface area contributed by atoms with Gasteiger partial charge in [-0.1, -0.05) is 19.9 Å². The van der Waals surface area contributed by atoms with Gasteiger partial charge >= 0.3 is 0 Å². The van der Waals surface area contributed by atoms with Gasteiger partial charge in [-0.3, -0.25) is 0 Å². The van der Waals surface area contributed by atoms with Crippen LogP contribution in [0.2, 0.25) is 0 Å². The third-order valence-corrected chi connectivity index (χ3v) is 3.15. The molecule has 18 heavy (non-hydrogen) atoms. The van der Waals surface area contributed by atoms with Gasteiger partial charge in [0.05, 0.1) is 13.2 Å². The summed E-state index contributed by atoms with van der Waals surface area (Å²) in [6.45, 7) is 5.65. The predicted molar refractivity (Wildman–Crippen MR) is 69.4 cm³/mol. The van der Waals surface area contributed by atoms with Gasteiger partial charge in [-0.05, 0) is 24.5 Å². The third kappa shape index (κ3) is 3.45. The highest BCUT2D eigenvalue weighted by molar-refractivity contribution is 5.35. The van der Waals surface area contributed by atoms with Crippen LogP contribution in [0.15, 0.2) is 18.2 Å². The standard InChI is InChI=1S/C15H21FO2/c1-11(2)10-13-14(16)4-3-5-15(13)18-12-6-8-17-9-7-12/h3-5,11-12H,6-10H2,1-2H3. The summed E-state index contributed by atoms with van der Waals surface area (Å²) in [5.41, 5.74) is 0.707. The van der Waals surface area contributed by atoms with Crippen LogP contribution in [0.4, 0.5) is 4.39 Å². The summed E-state index contributed by atoms with van der Waals surface area (Å²) in [6.07, 6.45) is 2.65. The lowest BCUT2D eigenvalue weighted by atomic mass is 10.0. The number of hydrogen-bond acceptors (Lipinski definition) is 2. The average molecular weight is 252 g/mol. The van der Waals surface area contributed by atoms with E-state index in [0.29, 0.717) is 23.7 Å². The molecular formula is C15H21FO2. The molecular weight excluding hydrogens is 231 g/mol. The highest BCUT2D eigenvalue weighted by Gasteiger charge is 2.18. The van der Waals surface area contributed by atoms with E-state index in [2.05, 4.69) is 13.8 Å². The smallest absolute Gasteiger partial charge is 0.130 e. The SMILES string of the molecule is CC(C)Cc1c(F)cccc1OC1CCOCC1. The Morgan fingerprint density at radius 3 is 2.72 bits per heavy atom. The van der Waals surface area contributed by atoms with Crippen molar-refractivity contribution in [1.29, 1.82) is 0 Å².